The monoisotopic (exact) mass is 705 g/mol. The molecule has 51 heavy (non-hydrogen) atoms. The van der Waals surface area contributed by atoms with Crippen LogP contribution in [0.5, 0.6) is 0 Å². The molecule has 3 amide bonds. The summed E-state index contributed by atoms with van der Waals surface area (Å²) in [6.07, 6.45) is 7.41. The number of likely N-dealkylation sites (tertiary alicyclic amines) is 1. The summed E-state index contributed by atoms with van der Waals surface area (Å²) in [5, 5.41) is 13.0. The number of fused-ring (bicyclic) bond motifs is 4. The van der Waals surface area contributed by atoms with Gasteiger partial charge in [0.1, 0.15) is 17.2 Å². The number of carboxylic acid groups (broad SMARTS) is 1. The number of carbonyl (C=O) groups excluding carboxylic acids is 4. The van der Waals surface area contributed by atoms with Crippen LogP contribution in [0, 0.1) is 35.3 Å². The number of ether oxygens (including phenoxy) is 1. The predicted octanol–water partition coefficient (Wildman–Crippen LogP) is 5.36. The number of nitrogens with one attached hydrogen (secondary N) is 1. The van der Waals surface area contributed by atoms with E-state index in [1.807, 2.05) is 12.2 Å². The molecule has 0 bridgehead atoms. The Bertz CT molecular complexity index is 1760. The molecule has 2 aromatic carbocycles. The van der Waals surface area contributed by atoms with Gasteiger partial charge in [0, 0.05) is 48.9 Å². The zero-order valence-electron chi connectivity index (χ0n) is 29.2. The second kappa shape index (κ2) is 14.2. The molecule has 0 aromatic heterocycles. The van der Waals surface area contributed by atoms with Crippen LogP contribution >= 0.6 is 0 Å². The zero-order valence-corrected chi connectivity index (χ0v) is 29.2. The van der Waals surface area contributed by atoms with E-state index in [2.05, 4.69) is 5.32 Å². The maximum Gasteiger partial charge on any atom is 0.330 e. The minimum absolute atomic E-state index is 0.140. The first-order valence-electron chi connectivity index (χ1n) is 17.8. The van der Waals surface area contributed by atoms with Crippen molar-refractivity contribution in [1.29, 1.82) is 0 Å². The summed E-state index contributed by atoms with van der Waals surface area (Å²) < 4.78 is 33.1. The summed E-state index contributed by atoms with van der Waals surface area (Å²) in [6, 6.07) is 9.06. The van der Waals surface area contributed by atoms with E-state index < -0.39 is 58.5 Å². The summed E-state index contributed by atoms with van der Waals surface area (Å²) in [7, 11) is 0. The minimum Gasteiger partial charge on any atom is -0.479 e. The van der Waals surface area contributed by atoms with Gasteiger partial charge >= 0.3 is 11.9 Å². The normalized spacial score (nSPS) is 28.8. The van der Waals surface area contributed by atoms with Crippen molar-refractivity contribution >= 4 is 29.7 Å². The van der Waals surface area contributed by atoms with Gasteiger partial charge in [0.05, 0.1) is 6.42 Å². The Morgan fingerprint density at radius 1 is 0.980 bits per heavy atom. The number of hydrogen-bond donors (Lipinski definition) is 2. The molecule has 2 N–H and O–H groups in total. The van der Waals surface area contributed by atoms with Gasteiger partial charge in [-0.15, -0.1) is 0 Å². The van der Waals surface area contributed by atoms with Crippen molar-refractivity contribution in [2.24, 2.45) is 23.7 Å². The van der Waals surface area contributed by atoms with E-state index in [-0.39, 0.29) is 56.1 Å². The molecule has 10 nitrogen and oxygen atoms in total. The topological polar surface area (TPSA) is 133 Å². The fourth-order valence-electron chi connectivity index (χ4n) is 7.94. The quantitative estimate of drug-likeness (QED) is 0.316. The lowest BCUT2D eigenvalue weighted by Crippen LogP contribution is -2.56. The smallest absolute Gasteiger partial charge is 0.330 e. The van der Waals surface area contributed by atoms with Crippen LogP contribution in [0.4, 0.5) is 8.78 Å². The second-order valence-electron chi connectivity index (χ2n) is 15.4. The van der Waals surface area contributed by atoms with Crippen LogP contribution in [0.1, 0.15) is 76.1 Å². The van der Waals surface area contributed by atoms with Crippen molar-refractivity contribution in [2.75, 3.05) is 19.6 Å². The van der Waals surface area contributed by atoms with Crippen molar-refractivity contribution in [2.45, 2.75) is 82.9 Å². The lowest BCUT2D eigenvalue weighted by atomic mass is 9.92. The van der Waals surface area contributed by atoms with E-state index in [4.69, 9.17) is 4.74 Å². The molecular formula is C39H45F2N3O7. The lowest BCUT2D eigenvalue weighted by Gasteiger charge is -2.32. The molecule has 2 saturated heterocycles. The Labute approximate surface area is 296 Å². The van der Waals surface area contributed by atoms with Crippen molar-refractivity contribution in [3.8, 4) is 11.1 Å². The van der Waals surface area contributed by atoms with Crippen LogP contribution in [-0.2, 0) is 23.9 Å². The molecule has 3 fully saturated rings. The van der Waals surface area contributed by atoms with Crippen LogP contribution < -0.4 is 5.32 Å². The highest BCUT2D eigenvalue weighted by Gasteiger charge is 2.62. The average molecular weight is 706 g/mol. The number of nitrogens with zero attached hydrogens (tertiary/aromatic N) is 2. The van der Waals surface area contributed by atoms with Crippen LogP contribution in [-0.4, -0.2) is 81.4 Å². The molecule has 1 aliphatic carbocycles. The number of esters is 1. The van der Waals surface area contributed by atoms with Gasteiger partial charge in [-0.2, -0.15) is 0 Å². The lowest BCUT2D eigenvalue weighted by molar-refractivity contribution is -0.159. The van der Waals surface area contributed by atoms with E-state index in [0.29, 0.717) is 29.5 Å². The third kappa shape index (κ3) is 7.69. The molecule has 3 heterocycles. The second-order valence-corrected chi connectivity index (χ2v) is 15.4. The summed E-state index contributed by atoms with van der Waals surface area (Å²) in [5.41, 5.74) is -0.961. The molecule has 0 unspecified atom stereocenters. The standard InChI is InChI=1S/C39H45F2N3O7/c1-38(2,3)51-32(45)18-26-10-7-5-4-6-8-13-28-19-39(28,37(49)50)42-34(46)33-29-22-43(20-27(29)21-44(33)36(26)48)35(47)25-12-9-11-23(16-25)24-14-15-30(40)31(41)17-24/h8-9,11-17,26-29,33H,4-7,10,18-22H2,1-3H3,(H,42,46)(H,49,50)/b13-8-/t26-,27-,28+,29-,33-,39+/m0/s1. The number of hydrogen-bond acceptors (Lipinski definition) is 6. The van der Waals surface area contributed by atoms with Gasteiger partial charge in [0.2, 0.25) is 11.8 Å². The van der Waals surface area contributed by atoms with Crippen molar-refractivity contribution < 1.29 is 42.6 Å². The molecule has 0 radical (unpaired) electrons. The SMILES string of the molecule is CC(C)(C)OC(=O)C[C@@H]1CCCCC/C=C\[C@@H]2C[C@@]2(C(=O)O)NC(=O)[C@@H]2[C@H]3CN(C(=O)c4cccc(-c5ccc(F)c(F)c5)c4)C[C@H]3CN2C1=O. The number of allylic oxidation sites excluding steroid dienone is 1. The largest absolute Gasteiger partial charge is 0.479 e. The molecule has 3 aliphatic heterocycles. The van der Waals surface area contributed by atoms with E-state index in [1.165, 1.54) is 11.0 Å². The van der Waals surface area contributed by atoms with Crippen LogP contribution in [0.2, 0.25) is 0 Å². The number of halogens is 2. The molecule has 6 rings (SSSR count). The summed E-state index contributed by atoms with van der Waals surface area (Å²) in [6.45, 7) is 5.82. The number of benzene rings is 2. The molecule has 4 aliphatic rings. The molecule has 272 valence electrons. The number of amides is 3. The Hall–Kier alpha value is -4.61. The summed E-state index contributed by atoms with van der Waals surface area (Å²) in [4.78, 5) is 71.1. The summed E-state index contributed by atoms with van der Waals surface area (Å²) in [5.74, 6) is -6.75. The first-order chi connectivity index (χ1) is 24.2. The number of aliphatic carboxylic acids is 1. The molecule has 2 aromatic rings. The zero-order chi connectivity index (χ0) is 36.7. The van der Waals surface area contributed by atoms with Crippen LogP contribution in [0.3, 0.4) is 0 Å². The fraction of sp³-hybridized carbons (Fsp3) is 0.513. The predicted molar refractivity (Wildman–Crippen MR) is 183 cm³/mol. The van der Waals surface area contributed by atoms with Gasteiger partial charge in [-0.25, -0.2) is 13.6 Å². The Kier molecular flexibility index (Phi) is 10.1. The fourth-order valence-corrected chi connectivity index (χ4v) is 7.94. The van der Waals surface area contributed by atoms with Gasteiger partial charge in [-0.1, -0.05) is 43.2 Å². The van der Waals surface area contributed by atoms with Gasteiger partial charge in [-0.3, -0.25) is 19.2 Å². The summed E-state index contributed by atoms with van der Waals surface area (Å²) >= 11 is 0. The van der Waals surface area contributed by atoms with Crippen molar-refractivity contribution in [1.82, 2.24) is 15.1 Å². The van der Waals surface area contributed by atoms with E-state index in [0.717, 1.165) is 31.4 Å². The minimum atomic E-state index is -1.48. The first kappa shape index (κ1) is 36.2. The Balaban J connectivity index is 1.27. The first-order valence-corrected chi connectivity index (χ1v) is 17.8. The third-order valence-corrected chi connectivity index (χ3v) is 10.6. The van der Waals surface area contributed by atoms with Gasteiger partial charge in [0.15, 0.2) is 11.6 Å². The molecule has 1 saturated carbocycles. The highest BCUT2D eigenvalue weighted by Crippen LogP contribution is 2.46. The molecule has 0 spiro atoms. The van der Waals surface area contributed by atoms with Crippen LogP contribution in [0.15, 0.2) is 54.6 Å². The molecule has 12 heteroatoms. The van der Waals surface area contributed by atoms with Crippen molar-refractivity contribution in [3.05, 3.63) is 71.8 Å². The molecule has 6 atom stereocenters. The Morgan fingerprint density at radius 3 is 2.47 bits per heavy atom. The highest BCUT2D eigenvalue weighted by atomic mass is 19.2. The average Bonchev–Trinajstić information content (AvgIpc) is 3.42. The number of rotatable bonds is 5. The van der Waals surface area contributed by atoms with E-state index in [1.54, 1.807) is 49.9 Å². The van der Waals surface area contributed by atoms with E-state index in [9.17, 15) is 37.9 Å². The van der Waals surface area contributed by atoms with E-state index >= 15 is 0 Å². The van der Waals surface area contributed by atoms with Crippen molar-refractivity contribution in [3.63, 3.8) is 0 Å². The van der Waals surface area contributed by atoms with Gasteiger partial charge < -0.3 is 25.0 Å². The third-order valence-electron chi connectivity index (χ3n) is 10.6. The highest BCUT2D eigenvalue weighted by molar-refractivity contribution is 5.97. The van der Waals surface area contributed by atoms with Crippen LogP contribution in [0.25, 0.3) is 11.1 Å². The van der Waals surface area contributed by atoms with Gasteiger partial charge in [0.25, 0.3) is 5.91 Å². The van der Waals surface area contributed by atoms with Gasteiger partial charge in [-0.05, 0) is 81.8 Å². The Morgan fingerprint density at radius 2 is 1.75 bits per heavy atom. The number of carboxylic acids is 1. The molecular weight excluding hydrogens is 660 g/mol. The maximum atomic E-state index is 14.4. The number of carbonyl (C=O) groups is 5. The maximum absolute atomic E-state index is 14.4.